The minimum atomic E-state index is -2.02. The number of unbranched alkanes of at least 4 members (excludes halogenated alkanes) is 3. The number of ether oxygens (including phenoxy) is 1. The van der Waals surface area contributed by atoms with Crippen molar-refractivity contribution in [2.24, 2.45) is 0 Å². The maximum Gasteiger partial charge on any atom is 0.264 e. The Balaban J connectivity index is 1.80. The predicted octanol–water partition coefficient (Wildman–Crippen LogP) is 5.67. The summed E-state index contributed by atoms with van der Waals surface area (Å²) in [6.45, 7) is 4.35. The summed E-state index contributed by atoms with van der Waals surface area (Å²) < 4.78 is 5.77. The van der Waals surface area contributed by atoms with Crippen LogP contribution in [-0.2, 0) is 21.7 Å². The number of hydrogen-bond donors (Lipinski definition) is 1. The van der Waals surface area contributed by atoms with Gasteiger partial charge in [0.15, 0.2) is 5.60 Å². The lowest BCUT2D eigenvalue weighted by Crippen LogP contribution is -2.41. The molecule has 2 aromatic carbocycles. The molecule has 0 spiro atoms. The van der Waals surface area contributed by atoms with Crippen LogP contribution in [0.5, 0.6) is 5.75 Å². The van der Waals surface area contributed by atoms with Crippen LogP contribution in [0, 0.1) is 0 Å². The van der Waals surface area contributed by atoms with E-state index >= 15 is 0 Å². The summed E-state index contributed by atoms with van der Waals surface area (Å²) in [5, 5.41) is 11.7. The van der Waals surface area contributed by atoms with Crippen LogP contribution in [0.2, 0.25) is 10.0 Å². The zero-order valence-electron chi connectivity index (χ0n) is 17.8. The van der Waals surface area contributed by atoms with Crippen molar-refractivity contribution in [3.05, 3.63) is 57.6 Å². The van der Waals surface area contributed by atoms with Gasteiger partial charge in [-0.05, 0) is 43.2 Å². The van der Waals surface area contributed by atoms with Crippen LogP contribution < -0.4 is 9.64 Å². The Hall–Kier alpha value is -2.08. The summed E-state index contributed by atoms with van der Waals surface area (Å²) in [5.74, 6) is -0.161. The molecule has 0 aliphatic carbocycles. The lowest BCUT2D eigenvalue weighted by atomic mass is 9.90. The molecule has 3 rings (SSSR count). The van der Waals surface area contributed by atoms with Gasteiger partial charge in [0.2, 0.25) is 0 Å². The van der Waals surface area contributed by atoms with E-state index in [4.69, 9.17) is 27.9 Å². The highest BCUT2D eigenvalue weighted by atomic mass is 35.5. The predicted molar refractivity (Wildman–Crippen MR) is 123 cm³/mol. The number of anilines is 1. The summed E-state index contributed by atoms with van der Waals surface area (Å²) in [4.78, 5) is 26.4. The van der Waals surface area contributed by atoms with Crippen LogP contribution in [0.1, 0.15) is 57.1 Å². The number of ketones is 1. The lowest BCUT2D eigenvalue weighted by Gasteiger charge is -2.22. The monoisotopic (exact) mass is 463 g/mol. The first kappa shape index (κ1) is 23.6. The molecular formula is C24H27Cl2NO4. The lowest BCUT2D eigenvalue weighted by molar-refractivity contribution is -0.141. The molecular weight excluding hydrogens is 437 g/mol. The minimum Gasteiger partial charge on any atom is -0.494 e. The van der Waals surface area contributed by atoms with E-state index in [1.807, 2.05) is 24.3 Å². The number of fused-ring (bicyclic) bond motifs is 1. The van der Waals surface area contributed by atoms with Crippen molar-refractivity contribution in [1.29, 1.82) is 0 Å². The number of nitrogens with zero attached hydrogens (tertiary/aromatic N) is 1. The van der Waals surface area contributed by atoms with Crippen molar-refractivity contribution in [2.45, 2.75) is 58.1 Å². The molecule has 5 nitrogen and oxygen atoms in total. The van der Waals surface area contributed by atoms with E-state index in [1.165, 1.54) is 30.7 Å². The largest absolute Gasteiger partial charge is 0.494 e. The Morgan fingerprint density at radius 3 is 2.39 bits per heavy atom. The van der Waals surface area contributed by atoms with Gasteiger partial charge >= 0.3 is 0 Å². The number of aliphatic hydroxyl groups is 1. The Bertz CT molecular complexity index is 961. The summed E-state index contributed by atoms with van der Waals surface area (Å²) in [7, 11) is 0. The normalized spacial score (nSPS) is 17.7. The van der Waals surface area contributed by atoms with E-state index in [-0.39, 0.29) is 29.3 Å². The zero-order valence-corrected chi connectivity index (χ0v) is 19.3. The Morgan fingerprint density at radius 1 is 1.06 bits per heavy atom. The first-order chi connectivity index (χ1) is 14.8. The van der Waals surface area contributed by atoms with Crippen LogP contribution in [0.15, 0.2) is 36.4 Å². The zero-order chi connectivity index (χ0) is 22.6. The molecule has 0 aromatic heterocycles. The van der Waals surface area contributed by atoms with Gasteiger partial charge in [0.25, 0.3) is 5.91 Å². The van der Waals surface area contributed by atoms with Gasteiger partial charge in [0.1, 0.15) is 11.5 Å². The smallest absolute Gasteiger partial charge is 0.264 e. The van der Waals surface area contributed by atoms with Gasteiger partial charge in [-0.15, -0.1) is 0 Å². The standard InChI is InChI=1S/C24H27Cl2NO4/c1-3-4-5-6-13-31-18-9-7-17(8-10-18)15-27-22-20(26)12-11-19(25)21(22)24(30,23(27)29)14-16(2)28/h7-12,30H,3-6,13-15H2,1-2H3. The van der Waals surface area contributed by atoms with Crippen LogP contribution >= 0.6 is 23.2 Å². The molecule has 0 bridgehead atoms. The molecule has 166 valence electrons. The van der Waals surface area contributed by atoms with Gasteiger partial charge in [0, 0.05) is 17.0 Å². The number of Topliss-reactive ketones (excluding diaryl/α,β-unsaturated/α-hetero) is 1. The van der Waals surface area contributed by atoms with Gasteiger partial charge in [0.05, 0.1) is 23.9 Å². The van der Waals surface area contributed by atoms with Crippen molar-refractivity contribution in [3.63, 3.8) is 0 Å². The SMILES string of the molecule is CCCCCCOc1ccc(CN2C(=O)C(O)(CC(C)=O)c3c(Cl)ccc(Cl)c32)cc1. The van der Waals surface area contributed by atoms with Gasteiger partial charge in [-0.2, -0.15) is 0 Å². The van der Waals surface area contributed by atoms with Crippen LogP contribution in [0.4, 0.5) is 5.69 Å². The number of benzene rings is 2. The Morgan fingerprint density at radius 2 is 1.74 bits per heavy atom. The molecule has 2 aromatic rings. The number of rotatable bonds is 10. The first-order valence-electron chi connectivity index (χ1n) is 10.5. The fourth-order valence-electron chi connectivity index (χ4n) is 3.90. The van der Waals surface area contributed by atoms with Crippen LogP contribution in [-0.4, -0.2) is 23.4 Å². The first-order valence-corrected chi connectivity index (χ1v) is 11.3. The molecule has 1 aliphatic heterocycles. The third-order valence-electron chi connectivity index (χ3n) is 5.40. The number of hydrogen-bond acceptors (Lipinski definition) is 4. The number of carbonyl (C=O) groups excluding carboxylic acids is 2. The topological polar surface area (TPSA) is 66.8 Å². The minimum absolute atomic E-state index is 0.183. The molecule has 31 heavy (non-hydrogen) atoms. The van der Waals surface area contributed by atoms with Crippen molar-refractivity contribution in [3.8, 4) is 5.75 Å². The van der Waals surface area contributed by atoms with Gasteiger partial charge in [-0.1, -0.05) is 61.5 Å². The average Bonchev–Trinajstić information content (AvgIpc) is 2.94. The summed E-state index contributed by atoms with van der Waals surface area (Å²) in [6, 6.07) is 10.6. The summed E-state index contributed by atoms with van der Waals surface area (Å²) in [5.41, 5.74) is -0.654. The van der Waals surface area contributed by atoms with Gasteiger partial charge in [-0.25, -0.2) is 0 Å². The third kappa shape index (κ3) is 5.05. The molecule has 1 atom stereocenters. The van der Waals surface area contributed by atoms with Crippen molar-refractivity contribution in [1.82, 2.24) is 0 Å². The summed E-state index contributed by atoms with van der Waals surface area (Å²) in [6.07, 6.45) is 4.19. The molecule has 0 saturated heterocycles. The molecule has 1 aliphatic rings. The number of carbonyl (C=O) groups is 2. The fraction of sp³-hybridized carbons (Fsp3) is 0.417. The molecule has 1 N–H and O–H groups in total. The fourth-order valence-corrected chi connectivity index (χ4v) is 4.47. The van der Waals surface area contributed by atoms with E-state index < -0.39 is 11.5 Å². The maximum atomic E-state index is 13.2. The molecule has 0 fully saturated rings. The van der Waals surface area contributed by atoms with Crippen molar-refractivity contribution >= 4 is 40.6 Å². The molecule has 1 unspecified atom stereocenters. The Labute approximate surface area is 192 Å². The Kier molecular flexibility index (Phi) is 7.63. The van der Waals surface area contributed by atoms with Crippen molar-refractivity contribution in [2.75, 3.05) is 11.5 Å². The van der Waals surface area contributed by atoms with Crippen molar-refractivity contribution < 1.29 is 19.4 Å². The average molecular weight is 464 g/mol. The second kappa shape index (κ2) is 10.0. The molecule has 1 heterocycles. The van der Waals surface area contributed by atoms with E-state index in [0.29, 0.717) is 17.3 Å². The van der Waals surface area contributed by atoms with E-state index in [0.717, 1.165) is 24.2 Å². The molecule has 0 radical (unpaired) electrons. The van der Waals surface area contributed by atoms with E-state index in [1.54, 1.807) is 6.07 Å². The highest BCUT2D eigenvalue weighted by Gasteiger charge is 2.52. The third-order valence-corrected chi connectivity index (χ3v) is 6.02. The molecule has 0 saturated carbocycles. The second-order valence-corrected chi connectivity index (χ2v) is 8.75. The van der Waals surface area contributed by atoms with Gasteiger partial charge < -0.3 is 14.7 Å². The second-order valence-electron chi connectivity index (χ2n) is 7.94. The van der Waals surface area contributed by atoms with E-state index in [9.17, 15) is 14.7 Å². The quantitative estimate of drug-likeness (QED) is 0.461. The highest BCUT2D eigenvalue weighted by Crippen LogP contribution is 2.50. The maximum absolute atomic E-state index is 13.2. The number of halogens is 2. The summed E-state index contributed by atoms with van der Waals surface area (Å²) >= 11 is 12.7. The van der Waals surface area contributed by atoms with E-state index in [2.05, 4.69) is 6.92 Å². The molecule has 7 heteroatoms. The van der Waals surface area contributed by atoms with Crippen LogP contribution in [0.25, 0.3) is 0 Å². The number of amides is 1. The van der Waals surface area contributed by atoms with Crippen LogP contribution in [0.3, 0.4) is 0 Å². The van der Waals surface area contributed by atoms with Gasteiger partial charge in [-0.3, -0.25) is 9.59 Å². The highest BCUT2D eigenvalue weighted by molar-refractivity contribution is 6.38. The molecule has 1 amide bonds.